The highest BCUT2D eigenvalue weighted by Gasteiger charge is 2.24. The summed E-state index contributed by atoms with van der Waals surface area (Å²) in [6, 6.07) is 34.0. The van der Waals surface area contributed by atoms with Crippen LogP contribution in [0.5, 0.6) is 11.5 Å². The van der Waals surface area contributed by atoms with Crippen LogP contribution >= 0.6 is 11.8 Å². The number of rotatable bonds is 13. The van der Waals surface area contributed by atoms with Gasteiger partial charge in [0.2, 0.25) is 5.91 Å². The van der Waals surface area contributed by atoms with E-state index in [0.29, 0.717) is 39.6 Å². The molecule has 51 heavy (non-hydrogen) atoms. The second-order valence-corrected chi connectivity index (χ2v) is 12.3. The second kappa shape index (κ2) is 16.8. The zero-order chi connectivity index (χ0) is 36.3. The number of carbonyl (C=O) groups is 3. The number of nitrogens with zero attached hydrogens (tertiary/aromatic N) is 1. The number of ether oxygens (including phenoxy) is 2. The molecule has 0 spiro atoms. The lowest BCUT2D eigenvalue weighted by Gasteiger charge is -2.18. The largest absolute Gasteiger partial charge is 0.497 e. The molecule has 1 atom stereocenters. The van der Waals surface area contributed by atoms with Crippen LogP contribution in [0, 0.1) is 17.0 Å². The fraction of sp³-hybridized carbons (Fsp3) is 0.103. The van der Waals surface area contributed by atoms with Gasteiger partial charge in [0.05, 0.1) is 24.8 Å². The highest BCUT2D eigenvalue weighted by molar-refractivity contribution is 8.00. The third-order valence-electron chi connectivity index (χ3n) is 7.67. The maximum absolute atomic E-state index is 13.7. The maximum atomic E-state index is 13.7. The summed E-state index contributed by atoms with van der Waals surface area (Å²) in [6.45, 7) is 1.76. The average molecular weight is 703 g/mol. The third kappa shape index (κ3) is 9.40. The maximum Gasteiger partial charge on any atom is 0.272 e. The highest BCUT2D eigenvalue weighted by Crippen LogP contribution is 2.37. The van der Waals surface area contributed by atoms with Crippen molar-refractivity contribution in [3.05, 3.63) is 159 Å². The number of methoxy groups -OCH3 is 2. The molecule has 0 aromatic heterocycles. The van der Waals surface area contributed by atoms with Crippen molar-refractivity contribution < 1.29 is 28.8 Å². The normalized spacial score (nSPS) is 11.5. The molecule has 11 nitrogen and oxygen atoms in total. The Morgan fingerprint density at radius 3 is 2.14 bits per heavy atom. The van der Waals surface area contributed by atoms with Gasteiger partial charge in [-0.25, -0.2) is 0 Å². The van der Waals surface area contributed by atoms with Crippen LogP contribution in [0.3, 0.4) is 0 Å². The Bertz CT molecular complexity index is 2070. The van der Waals surface area contributed by atoms with Gasteiger partial charge in [0, 0.05) is 39.9 Å². The third-order valence-corrected chi connectivity index (χ3v) is 8.93. The number of hydrogen-bond acceptors (Lipinski definition) is 8. The zero-order valence-corrected chi connectivity index (χ0v) is 28.7. The van der Waals surface area contributed by atoms with E-state index < -0.39 is 22.0 Å². The van der Waals surface area contributed by atoms with E-state index >= 15 is 0 Å². The van der Waals surface area contributed by atoms with Crippen molar-refractivity contribution in [2.24, 2.45) is 0 Å². The van der Waals surface area contributed by atoms with Gasteiger partial charge in [-0.05, 0) is 72.7 Å². The Labute approximate surface area is 298 Å². The summed E-state index contributed by atoms with van der Waals surface area (Å²) in [5.74, 6) is -0.404. The van der Waals surface area contributed by atoms with Crippen molar-refractivity contribution in [3.63, 3.8) is 0 Å². The standard InChI is InChI=1S/C39H34N4O7S/c1-25-14-18-30(43(47)48)23-33(25)41-39(46)36(26-10-6-4-7-11-26)51-32-20-16-29(17-21-32)40-38(45)34(42-37(44)27-12-8-5-9-13-27)22-28-15-19-31(49-2)24-35(28)50-3/h4-24,36H,1-3H3,(H,40,45)(H,41,46)(H,42,44)/b34-22-. The number of nitrogens with one attached hydrogen (secondary N) is 3. The molecule has 5 rings (SSSR count). The lowest BCUT2D eigenvalue weighted by molar-refractivity contribution is -0.384. The van der Waals surface area contributed by atoms with Crippen LogP contribution in [0.4, 0.5) is 17.1 Å². The summed E-state index contributed by atoms with van der Waals surface area (Å²) >= 11 is 1.28. The van der Waals surface area contributed by atoms with Gasteiger partial charge in [0.1, 0.15) is 22.4 Å². The van der Waals surface area contributed by atoms with Crippen molar-refractivity contribution in [1.82, 2.24) is 5.32 Å². The van der Waals surface area contributed by atoms with Gasteiger partial charge in [-0.15, -0.1) is 11.8 Å². The minimum atomic E-state index is -0.701. The molecule has 0 saturated carbocycles. The molecular weight excluding hydrogens is 669 g/mol. The molecule has 3 amide bonds. The monoisotopic (exact) mass is 702 g/mol. The highest BCUT2D eigenvalue weighted by atomic mass is 32.2. The number of amides is 3. The Kier molecular flexibility index (Phi) is 11.8. The number of anilines is 2. The van der Waals surface area contributed by atoms with E-state index in [9.17, 15) is 24.5 Å². The van der Waals surface area contributed by atoms with E-state index in [0.717, 1.165) is 10.5 Å². The first kappa shape index (κ1) is 35.9. The molecule has 3 N–H and O–H groups in total. The van der Waals surface area contributed by atoms with Crippen LogP contribution in [0.2, 0.25) is 0 Å². The van der Waals surface area contributed by atoms with Crippen molar-refractivity contribution in [1.29, 1.82) is 0 Å². The number of carbonyl (C=O) groups excluding carboxylic acids is 3. The molecule has 0 radical (unpaired) electrons. The minimum absolute atomic E-state index is 0.0250. The van der Waals surface area contributed by atoms with Crippen LogP contribution in [0.25, 0.3) is 6.08 Å². The van der Waals surface area contributed by atoms with Gasteiger partial charge >= 0.3 is 0 Å². The molecule has 258 valence electrons. The molecular formula is C39H34N4O7S. The van der Waals surface area contributed by atoms with Gasteiger partial charge in [-0.2, -0.15) is 0 Å². The SMILES string of the molecule is COc1ccc(/C=C(\NC(=O)c2ccccc2)C(=O)Nc2ccc(SC(C(=O)Nc3cc([N+](=O)[O-])ccc3C)c3ccccc3)cc2)c(OC)c1. The topological polar surface area (TPSA) is 149 Å². The molecule has 0 saturated heterocycles. The summed E-state index contributed by atoms with van der Waals surface area (Å²) in [5, 5.41) is 19.1. The number of benzene rings is 5. The van der Waals surface area contributed by atoms with E-state index in [1.165, 1.54) is 44.2 Å². The van der Waals surface area contributed by atoms with Crippen LogP contribution in [0.1, 0.15) is 32.3 Å². The summed E-state index contributed by atoms with van der Waals surface area (Å²) in [4.78, 5) is 52.0. The predicted octanol–water partition coefficient (Wildman–Crippen LogP) is 7.80. The zero-order valence-electron chi connectivity index (χ0n) is 27.9. The summed E-state index contributed by atoms with van der Waals surface area (Å²) in [7, 11) is 3.03. The molecule has 0 aliphatic heterocycles. The van der Waals surface area contributed by atoms with E-state index in [1.807, 2.05) is 30.3 Å². The Hall–Kier alpha value is -6.40. The number of non-ortho nitro benzene ring substituents is 1. The predicted molar refractivity (Wildman–Crippen MR) is 198 cm³/mol. The summed E-state index contributed by atoms with van der Waals surface area (Å²) < 4.78 is 10.8. The van der Waals surface area contributed by atoms with E-state index in [-0.39, 0.29) is 17.3 Å². The second-order valence-electron chi connectivity index (χ2n) is 11.1. The molecule has 5 aromatic rings. The van der Waals surface area contributed by atoms with Gasteiger partial charge in [0.25, 0.3) is 17.5 Å². The first-order valence-corrected chi connectivity index (χ1v) is 16.5. The summed E-state index contributed by atoms with van der Waals surface area (Å²) in [5.41, 5.74) is 2.97. The van der Waals surface area contributed by atoms with Crippen molar-refractivity contribution in [2.45, 2.75) is 17.1 Å². The molecule has 12 heteroatoms. The molecule has 1 unspecified atom stereocenters. The first-order valence-electron chi connectivity index (χ1n) is 15.6. The van der Waals surface area contributed by atoms with Gasteiger partial charge in [-0.1, -0.05) is 54.6 Å². The van der Waals surface area contributed by atoms with Gasteiger partial charge < -0.3 is 25.4 Å². The van der Waals surface area contributed by atoms with Gasteiger partial charge in [-0.3, -0.25) is 24.5 Å². The number of hydrogen-bond donors (Lipinski definition) is 3. The average Bonchev–Trinajstić information content (AvgIpc) is 3.15. The lowest BCUT2D eigenvalue weighted by Crippen LogP contribution is -2.30. The molecule has 0 aliphatic carbocycles. The number of aryl methyl sites for hydroxylation is 1. The molecule has 0 heterocycles. The smallest absolute Gasteiger partial charge is 0.272 e. The molecule has 0 fully saturated rings. The first-order chi connectivity index (χ1) is 24.6. The number of thioether (sulfide) groups is 1. The van der Waals surface area contributed by atoms with E-state index in [2.05, 4.69) is 16.0 Å². The Morgan fingerprint density at radius 2 is 1.49 bits per heavy atom. The van der Waals surface area contributed by atoms with Crippen molar-refractivity contribution in [3.8, 4) is 11.5 Å². The quantitative estimate of drug-likeness (QED) is 0.0487. The number of nitro groups is 1. The summed E-state index contributed by atoms with van der Waals surface area (Å²) in [6.07, 6.45) is 1.52. The molecule has 0 bridgehead atoms. The van der Waals surface area contributed by atoms with Crippen LogP contribution in [-0.2, 0) is 9.59 Å². The van der Waals surface area contributed by atoms with Crippen molar-refractivity contribution >= 4 is 52.6 Å². The lowest BCUT2D eigenvalue weighted by atomic mass is 10.1. The van der Waals surface area contributed by atoms with E-state index in [1.54, 1.807) is 85.8 Å². The van der Waals surface area contributed by atoms with Crippen LogP contribution < -0.4 is 25.4 Å². The van der Waals surface area contributed by atoms with Gasteiger partial charge in [0.15, 0.2) is 0 Å². The van der Waals surface area contributed by atoms with Crippen LogP contribution in [0.15, 0.2) is 132 Å². The Balaban J connectivity index is 1.37. The minimum Gasteiger partial charge on any atom is -0.497 e. The fourth-order valence-electron chi connectivity index (χ4n) is 4.94. The van der Waals surface area contributed by atoms with Crippen LogP contribution in [-0.4, -0.2) is 36.9 Å². The number of nitro benzene ring substituents is 1. The Morgan fingerprint density at radius 1 is 0.804 bits per heavy atom. The fourth-order valence-corrected chi connectivity index (χ4v) is 5.97. The van der Waals surface area contributed by atoms with E-state index in [4.69, 9.17) is 9.47 Å². The molecule has 5 aromatic carbocycles. The molecule has 0 aliphatic rings. The van der Waals surface area contributed by atoms with Crippen molar-refractivity contribution in [2.75, 3.05) is 24.9 Å².